The number of benzene rings is 2. The van der Waals surface area contributed by atoms with Crippen molar-refractivity contribution in [3.05, 3.63) is 66.4 Å². The number of para-hydroxylation sites is 1. The third-order valence-corrected chi connectivity index (χ3v) is 6.17. The summed E-state index contributed by atoms with van der Waals surface area (Å²) in [4.78, 5) is 0.211. The van der Waals surface area contributed by atoms with Crippen molar-refractivity contribution in [1.29, 1.82) is 0 Å². The fraction of sp³-hybridized carbons (Fsp3) is 0.0556. The average Bonchev–Trinajstić information content (AvgIpc) is 3.24. The molecule has 0 bridgehead atoms. The predicted molar refractivity (Wildman–Crippen MR) is 101 cm³/mol. The van der Waals surface area contributed by atoms with Gasteiger partial charge in [0, 0.05) is 4.70 Å². The van der Waals surface area contributed by atoms with Crippen LogP contribution >= 0.6 is 11.3 Å². The highest BCUT2D eigenvalue weighted by atomic mass is 32.2. The maximum absolute atomic E-state index is 13.3. The molecule has 0 fully saturated rings. The molecule has 0 amide bonds. The van der Waals surface area contributed by atoms with Gasteiger partial charge in [0.15, 0.2) is 5.69 Å². The molecule has 0 saturated carbocycles. The number of aromatic nitrogens is 2. The summed E-state index contributed by atoms with van der Waals surface area (Å²) in [5.41, 5.74) is -1.04. The van der Waals surface area contributed by atoms with Crippen molar-refractivity contribution in [3.63, 3.8) is 0 Å². The van der Waals surface area contributed by atoms with Crippen LogP contribution in [0.15, 0.2) is 65.6 Å². The SMILES string of the molecule is NS(=O)(=O)c1ccccc1-n1nc(C(F)(F)F)cc1-c1cc2ccccc2s1. The molecule has 0 atom stereocenters. The Kier molecular flexibility index (Phi) is 4.29. The van der Waals surface area contributed by atoms with E-state index in [1.54, 1.807) is 6.07 Å². The smallest absolute Gasteiger partial charge is 0.230 e. The van der Waals surface area contributed by atoms with Crippen LogP contribution in [0.4, 0.5) is 13.2 Å². The van der Waals surface area contributed by atoms with E-state index in [9.17, 15) is 21.6 Å². The topological polar surface area (TPSA) is 78.0 Å². The van der Waals surface area contributed by atoms with Crippen molar-refractivity contribution in [2.45, 2.75) is 11.1 Å². The molecule has 28 heavy (non-hydrogen) atoms. The van der Waals surface area contributed by atoms with Crippen LogP contribution in [0.1, 0.15) is 5.69 Å². The maximum Gasteiger partial charge on any atom is 0.435 e. The van der Waals surface area contributed by atoms with Gasteiger partial charge in [-0.3, -0.25) is 0 Å². The normalized spacial score (nSPS) is 12.6. The second kappa shape index (κ2) is 6.43. The first kappa shape index (κ1) is 18.7. The highest BCUT2D eigenvalue weighted by Crippen LogP contribution is 2.38. The Hall–Kier alpha value is -2.69. The molecule has 0 spiro atoms. The van der Waals surface area contributed by atoms with E-state index in [0.717, 1.165) is 20.8 Å². The number of fused-ring (bicyclic) bond motifs is 1. The Morgan fingerprint density at radius 2 is 1.68 bits per heavy atom. The standard InChI is InChI=1S/C18H12F3N3O2S2/c19-18(20,21)17-10-13(15-9-11-5-1-3-7-14(11)27-15)24(23-17)12-6-2-4-8-16(12)28(22,25)26/h1-10H,(H2,22,25,26). The van der Waals surface area contributed by atoms with E-state index in [2.05, 4.69) is 5.10 Å². The molecule has 2 aromatic carbocycles. The lowest BCUT2D eigenvalue weighted by atomic mass is 10.2. The first-order valence-electron chi connectivity index (χ1n) is 7.93. The van der Waals surface area contributed by atoms with Crippen molar-refractivity contribution < 1.29 is 21.6 Å². The average molecular weight is 423 g/mol. The summed E-state index contributed by atoms with van der Waals surface area (Å²) in [5, 5.41) is 9.76. The summed E-state index contributed by atoms with van der Waals surface area (Å²) in [5.74, 6) is 0. The Morgan fingerprint density at radius 1 is 1.00 bits per heavy atom. The number of halogens is 3. The Balaban J connectivity index is 2.02. The minimum absolute atomic E-state index is 0.0482. The Bertz CT molecular complexity index is 1260. The van der Waals surface area contributed by atoms with Crippen LogP contribution in [0.2, 0.25) is 0 Å². The number of rotatable bonds is 3. The highest BCUT2D eigenvalue weighted by molar-refractivity contribution is 7.89. The van der Waals surface area contributed by atoms with Gasteiger partial charge in [-0.25, -0.2) is 18.2 Å². The first-order chi connectivity index (χ1) is 13.1. The third kappa shape index (κ3) is 3.30. The van der Waals surface area contributed by atoms with Crippen LogP contribution in [-0.4, -0.2) is 18.2 Å². The summed E-state index contributed by atoms with van der Waals surface area (Å²) in [6.07, 6.45) is -4.69. The van der Waals surface area contributed by atoms with Crippen LogP contribution in [-0.2, 0) is 16.2 Å². The molecule has 0 aliphatic rings. The van der Waals surface area contributed by atoms with Crippen molar-refractivity contribution in [2.24, 2.45) is 5.14 Å². The number of sulfonamides is 1. The minimum atomic E-state index is -4.69. The molecule has 10 heteroatoms. The molecule has 0 unspecified atom stereocenters. The molecule has 144 valence electrons. The van der Waals surface area contributed by atoms with Gasteiger partial charge in [-0.15, -0.1) is 11.3 Å². The van der Waals surface area contributed by atoms with Gasteiger partial charge < -0.3 is 0 Å². The summed E-state index contributed by atoms with van der Waals surface area (Å²) >= 11 is 1.29. The zero-order chi connectivity index (χ0) is 20.1. The molecule has 0 aliphatic carbocycles. The largest absolute Gasteiger partial charge is 0.435 e. The van der Waals surface area contributed by atoms with Crippen molar-refractivity contribution in [2.75, 3.05) is 0 Å². The van der Waals surface area contributed by atoms with Gasteiger partial charge in [0.1, 0.15) is 4.90 Å². The maximum atomic E-state index is 13.3. The van der Waals surface area contributed by atoms with E-state index in [1.807, 2.05) is 24.3 Å². The fourth-order valence-electron chi connectivity index (χ4n) is 2.86. The van der Waals surface area contributed by atoms with Gasteiger partial charge in [0.2, 0.25) is 10.0 Å². The molecule has 4 rings (SSSR count). The van der Waals surface area contributed by atoms with E-state index < -0.39 is 21.9 Å². The zero-order valence-electron chi connectivity index (χ0n) is 14.0. The molecule has 4 aromatic rings. The van der Waals surface area contributed by atoms with Gasteiger partial charge >= 0.3 is 6.18 Å². The van der Waals surface area contributed by atoms with E-state index in [4.69, 9.17) is 5.14 Å². The van der Waals surface area contributed by atoms with Crippen LogP contribution in [0, 0.1) is 0 Å². The minimum Gasteiger partial charge on any atom is -0.230 e. The van der Waals surface area contributed by atoms with Crippen LogP contribution in [0.3, 0.4) is 0 Å². The Labute approximate surface area is 161 Å². The molecular weight excluding hydrogens is 411 g/mol. The summed E-state index contributed by atoms with van der Waals surface area (Å²) in [6.45, 7) is 0. The van der Waals surface area contributed by atoms with Gasteiger partial charge in [-0.1, -0.05) is 30.3 Å². The fourth-order valence-corrected chi connectivity index (χ4v) is 4.64. The van der Waals surface area contributed by atoms with Crippen molar-refractivity contribution >= 4 is 31.4 Å². The van der Waals surface area contributed by atoms with Gasteiger partial charge in [0.25, 0.3) is 0 Å². The summed E-state index contributed by atoms with van der Waals surface area (Å²) < 4.78 is 65.7. The first-order valence-corrected chi connectivity index (χ1v) is 10.3. The number of nitrogens with two attached hydrogens (primary N) is 1. The van der Waals surface area contributed by atoms with Gasteiger partial charge in [0.05, 0.1) is 16.3 Å². The lowest BCUT2D eigenvalue weighted by molar-refractivity contribution is -0.141. The van der Waals surface area contributed by atoms with Gasteiger partial charge in [-0.05, 0) is 35.7 Å². The molecular formula is C18H12F3N3O2S2. The van der Waals surface area contributed by atoms with E-state index in [1.165, 1.54) is 35.6 Å². The van der Waals surface area contributed by atoms with E-state index in [-0.39, 0.29) is 16.3 Å². The van der Waals surface area contributed by atoms with Crippen LogP contribution < -0.4 is 5.14 Å². The monoisotopic (exact) mass is 423 g/mol. The number of hydrogen-bond donors (Lipinski definition) is 1. The molecule has 5 nitrogen and oxygen atoms in total. The van der Waals surface area contributed by atoms with Crippen molar-refractivity contribution in [3.8, 4) is 16.3 Å². The van der Waals surface area contributed by atoms with Crippen LogP contribution in [0.25, 0.3) is 26.3 Å². The number of alkyl halides is 3. The molecule has 0 radical (unpaired) electrons. The molecule has 2 N–H and O–H groups in total. The van der Waals surface area contributed by atoms with E-state index in [0.29, 0.717) is 4.88 Å². The zero-order valence-corrected chi connectivity index (χ0v) is 15.6. The summed E-state index contributed by atoms with van der Waals surface area (Å²) in [6, 6.07) is 15.6. The molecule has 0 aliphatic heterocycles. The third-order valence-electron chi connectivity index (χ3n) is 4.08. The highest BCUT2D eigenvalue weighted by Gasteiger charge is 2.36. The van der Waals surface area contributed by atoms with Crippen molar-refractivity contribution in [1.82, 2.24) is 9.78 Å². The lowest BCUT2D eigenvalue weighted by Crippen LogP contribution is -2.16. The number of nitrogens with zero attached hydrogens (tertiary/aromatic N) is 2. The molecule has 2 aromatic heterocycles. The van der Waals surface area contributed by atoms with Gasteiger partial charge in [-0.2, -0.15) is 18.3 Å². The second-order valence-corrected chi connectivity index (χ2v) is 8.60. The lowest BCUT2D eigenvalue weighted by Gasteiger charge is -2.10. The van der Waals surface area contributed by atoms with E-state index >= 15 is 0 Å². The predicted octanol–water partition coefficient (Wildman–Crippen LogP) is 4.42. The van der Waals surface area contributed by atoms with Crippen LogP contribution in [0.5, 0.6) is 0 Å². The summed E-state index contributed by atoms with van der Waals surface area (Å²) in [7, 11) is -4.17. The quantitative estimate of drug-likeness (QED) is 0.530. The second-order valence-electron chi connectivity index (χ2n) is 5.99. The number of thiophene rings is 1. The number of primary sulfonamides is 1. The number of hydrogen-bond acceptors (Lipinski definition) is 4. The molecule has 2 heterocycles. The Morgan fingerprint density at radius 3 is 2.36 bits per heavy atom. The molecule has 0 saturated heterocycles.